The van der Waals surface area contributed by atoms with Crippen LogP contribution in [0.4, 0.5) is 34.1 Å². The highest BCUT2D eigenvalue weighted by molar-refractivity contribution is 5.90. The molecule has 2 aliphatic heterocycles. The number of nitrogens with two attached hydrogens (primary N) is 1. The van der Waals surface area contributed by atoms with E-state index in [1.807, 2.05) is 36.4 Å². The Morgan fingerprint density at radius 3 is 1.78 bits per heavy atom. The number of nitrogens with one attached hydrogen (secondary N) is 1. The molecule has 2 aliphatic rings. The van der Waals surface area contributed by atoms with Crippen molar-refractivity contribution in [2.24, 2.45) is 0 Å². The van der Waals surface area contributed by atoms with Gasteiger partial charge in [0.1, 0.15) is 0 Å². The second-order valence-corrected chi connectivity index (χ2v) is 13.4. The summed E-state index contributed by atoms with van der Waals surface area (Å²) in [6.45, 7) is 4.69. The molecule has 0 saturated carbocycles. The van der Waals surface area contributed by atoms with Crippen LogP contribution < -0.4 is 20.7 Å². The highest BCUT2D eigenvalue weighted by atomic mass is 16.5. The van der Waals surface area contributed by atoms with E-state index in [2.05, 4.69) is 145 Å². The fourth-order valence-corrected chi connectivity index (χ4v) is 7.37. The number of anilines is 6. The van der Waals surface area contributed by atoms with Crippen LogP contribution in [0, 0.1) is 0 Å². The maximum absolute atomic E-state index is 6.49. The van der Waals surface area contributed by atoms with Crippen LogP contribution in [-0.4, -0.2) is 0 Å². The van der Waals surface area contributed by atoms with Crippen LogP contribution in [0.5, 0.6) is 11.5 Å². The number of para-hydroxylation sites is 3. The van der Waals surface area contributed by atoms with Gasteiger partial charge in [0.25, 0.3) is 0 Å². The first kappa shape index (κ1) is 28.9. The van der Waals surface area contributed by atoms with Gasteiger partial charge in [-0.15, -0.1) is 0 Å². The fourth-order valence-electron chi connectivity index (χ4n) is 7.37. The largest absolute Gasteiger partial charge is 0.453 e. The van der Waals surface area contributed by atoms with Gasteiger partial charge < -0.3 is 20.7 Å². The zero-order chi connectivity index (χ0) is 33.1. The van der Waals surface area contributed by atoms with Gasteiger partial charge in [0.2, 0.25) is 0 Å². The number of benzene rings is 7. The van der Waals surface area contributed by atoms with Crippen LogP contribution in [0.3, 0.4) is 0 Å². The molecule has 0 unspecified atom stereocenters. The molecule has 0 aliphatic carbocycles. The van der Waals surface area contributed by atoms with Crippen molar-refractivity contribution in [3.63, 3.8) is 0 Å². The van der Waals surface area contributed by atoms with Crippen molar-refractivity contribution in [1.82, 2.24) is 0 Å². The molecule has 0 aromatic heterocycles. The van der Waals surface area contributed by atoms with Crippen LogP contribution in [0.1, 0.15) is 25.0 Å². The van der Waals surface area contributed by atoms with E-state index in [-0.39, 0.29) is 5.41 Å². The molecule has 9 rings (SSSR count). The molecular weight excluding hydrogens is 599 g/mol. The normalized spacial score (nSPS) is 13.6. The van der Waals surface area contributed by atoms with E-state index in [1.54, 1.807) is 0 Å². The maximum Gasteiger partial charge on any atom is 0.151 e. The highest BCUT2D eigenvalue weighted by Crippen LogP contribution is 2.54. The molecule has 0 radical (unpaired) electrons. The minimum Gasteiger partial charge on any atom is -0.453 e. The molecule has 2 heterocycles. The molecule has 3 N–H and O–H groups in total. The van der Waals surface area contributed by atoms with E-state index in [1.165, 1.54) is 22.5 Å². The molecule has 0 fully saturated rings. The SMILES string of the molecule is CC1(C)c2cc(-c3ccc4c(c3)Oc3ccccc3N4)ccc2N(c2ccccc2)c2ccc(-c3ccc(N)c(-c4ccccc4)c3)cc21. The number of ether oxygens (including phenoxy) is 1. The van der Waals surface area contributed by atoms with Gasteiger partial charge in [-0.25, -0.2) is 0 Å². The Balaban J connectivity index is 1.17. The topological polar surface area (TPSA) is 50.5 Å². The lowest BCUT2D eigenvalue weighted by Gasteiger charge is -2.42. The van der Waals surface area contributed by atoms with Crippen molar-refractivity contribution < 1.29 is 4.74 Å². The third-order valence-electron chi connectivity index (χ3n) is 10.00. The van der Waals surface area contributed by atoms with E-state index in [0.29, 0.717) is 0 Å². The van der Waals surface area contributed by atoms with E-state index in [4.69, 9.17) is 10.5 Å². The molecular formula is C45H35N3O. The van der Waals surface area contributed by atoms with Crippen molar-refractivity contribution in [3.05, 3.63) is 169 Å². The Morgan fingerprint density at radius 1 is 0.510 bits per heavy atom. The number of nitrogens with zero attached hydrogens (tertiary/aromatic N) is 1. The molecule has 0 amide bonds. The Labute approximate surface area is 287 Å². The zero-order valence-electron chi connectivity index (χ0n) is 27.4. The maximum atomic E-state index is 6.49. The van der Waals surface area contributed by atoms with Gasteiger partial charge in [-0.05, 0) is 112 Å². The third-order valence-corrected chi connectivity index (χ3v) is 10.00. The predicted octanol–water partition coefficient (Wildman–Crippen LogP) is 12.2. The summed E-state index contributed by atoms with van der Waals surface area (Å²) < 4.78 is 6.34. The Kier molecular flexibility index (Phi) is 6.60. The van der Waals surface area contributed by atoms with Crippen LogP contribution >= 0.6 is 0 Å². The summed E-state index contributed by atoms with van der Waals surface area (Å²) in [5.74, 6) is 1.66. The molecule has 0 saturated heterocycles. The van der Waals surface area contributed by atoms with Gasteiger partial charge >= 0.3 is 0 Å². The second kappa shape index (κ2) is 11.2. The first-order valence-corrected chi connectivity index (χ1v) is 16.7. The summed E-state index contributed by atoms with van der Waals surface area (Å²) in [5, 5.41) is 3.51. The van der Waals surface area contributed by atoms with Crippen molar-refractivity contribution in [1.29, 1.82) is 0 Å². The summed E-state index contributed by atoms with van der Waals surface area (Å²) in [7, 11) is 0. The van der Waals surface area contributed by atoms with Gasteiger partial charge in [0, 0.05) is 22.4 Å². The predicted molar refractivity (Wildman–Crippen MR) is 204 cm³/mol. The molecule has 0 bridgehead atoms. The van der Waals surface area contributed by atoms with Crippen LogP contribution in [0.25, 0.3) is 33.4 Å². The van der Waals surface area contributed by atoms with Crippen molar-refractivity contribution >= 4 is 34.1 Å². The summed E-state index contributed by atoms with van der Waals surface area (Å²) in [4.78, 5) is 2.40. The van der Waals surface area contributed by atoms with Crippen LogP contribution in [0.15, 0.2) is 158 Å². The first-order chi connectivity index (χ1) is 23.9. The number of hydrogen-bond donors (Lipinski definition) is 2. The molecule has 7 aromatic carbocycles. The molecule has 236 valence electrons. The lowest BCUT2D eigenvalue weighted by molar-refractivity contribution is 0.481. The van der Waals surface area contributed by atoms with Crippen molar-refractivity contribution in [2.45, 2.75) is 19.3 Å². The number of fused-ring (bicyclic) bond motifs is 4. The van der Waals surface area contributed by atoms with Crippen molar-refractivity contribution in [2.75, 3.05) is 16.0 Å². The minimum atomic E-state index is -0.288. The monoisotopic (exact) mass is 633 g/mol. The highest BCUT2D eigenvalue weighted by Gasteiger charge is 2.37. The average molecular weight is 634 g/mol. The van der Waals surface area contributed by atoms with E-state index >= 15 is 0 Å². The molecule has 49 heavy (non-hydrogen) atoms. The smallest absolute Gasteiger partial charge is 0.151 e. The van der Waals surface area contributed by atoms with Crippen LogP contribution in [-0.2, 0) is 5.41 Å². The van der Waals surface area contributed by atoms with E-state index in [9.17, 15) is 0 Å². The molecule has 0 atom stereocenters. The third kappa shape index (κ3) is 4.84. The zero-order valence-corrected chi connectivity index (χ0v) is 27.4. The summed E-state index contributed by atoms with van der Waals surface area (Å²) in [6, 6.07) is 55.6. The van der Waals surface area contributed by atoms with Gasteiger partial charge in [-0.1, -0.05) is 98.8 Å². The molecule has 7 aromatic rings. The number of hydrogen-bond acceptors (Lipinski definition) is 4. The van der Waals surface area contributed by atoms with E-state index < -0.39 is 0 Å². The standard InChI is InChI=1S/C45H35N3O/c1-45(2)36-26-31(30-17-21-38(46)35(25-30)29-11-5-3-6-12-29)19-23-41(36)48(34-13-7-4-8-14-34)42-24-20-32(27-37(42)45)33-18-22-40-44(28-33)49-43-16-10-9-15-39(43)47-40/h3-28,47H,46H2,1-2H3. The Bertz CT molecular complexity index is 2380. The second-order valence-electron chi connectivity index (χ2n) is 13.4. The molecule has 4 nitrogen and oxygen atoms in total. The van der Waals surface area contributed by atoms with Gasteiger partial charge in [-0.2, -0.15) is 0 Å². The van der Waals surface area contributed by atoms with Crippen LogP contribution in [0.2, 0.25) is 0 Å². The Morgan fingerprint density at radius 2 is 1.06 bits per heavy atom. The number of nitrogen functional groups attached to an aromatic ring is 1. The summed E-state index contributed by atoms with van der Waals surface area (Å²) >= 11 is 0. The quantitative estimate of drug-likeness (QED) is 0.189. The first-order valence-electron chi connectivity index (χ1n) is 16.7. The summed E-state index contributed by atoms with van der Waals surface area (Å²) in [5.41, 5.74) is 21.7. The van der Waals surface area contributed by atoms with Gasteiger partial charge in [0.05, 0.1) is 22.7 Å². The minimum absolute atomic E-state index is 0.288. The lowest BCUT2D eigenvalue weighted by atomic mass is 9.72. The lowest BCUT2D eigenvalue weighted by Crippen LogP contribution is -2.30. The Hall–Kier alpha value is -6.26. The molecule has 0 spiro atoms. The van der Waals surface area contributed by atoms with Gasteiger partial charge in [-0.3, -0.25) is 0 Å². The number of rotatable bonds is 4. The summed E-state index contributed by atoms with van der Waals surface area (Å²) in [6.07, 6.45) is 0. The van der Waals surface area contributed by atoms with Gasteiger partial charge in [0.15, 0.2) is 11.5 Å². The van der Waals surface area contributed by atoms with Crippen molar-refractivity contribution in [3.8, 4) is 44.9 Å². The fraction of sp³-hybridized carbons (Fsp3) is 0.0667. The van der Waals surface area contributed by atoms with E-state index in [0.717, 1.165) is 67.6 Å². The average Bonchev–Trinajstić information content (AvgIpc) is 3.15. The molecule has 4 heteroatoms.